The lowest BCUT2D eigenvalue weighted by Gasteiger charge is -2.26. The van der Waals surface area contributed by atoms with E-state index in [9.17, 15) is 4.79 Å². The van der Waals surface area contributed by atoms with Gasteiger partial charge in [0.05, 0.1) is 0 Å². The van der Waals surface area contributed by atoms with Gasteiger partial charge in [-0.05, 0) is 26.0 Å². The first kappa shape index (κ1) is 20.9. The molecular weight excluding hydrogens is 439 g/mol. The number of benzene rings is 2. The Morgan fingerprint density at radius 3 is 2.39 bits per heavy atom. The van der Waals surface area contributed by atoms with Crippen LogP contribution in [0.2, 0.25) is 0 Å². The first-order valence-corrected chi connectivity index (χ1v) is 10.3. The molecule has 5 nitrogen and oxygen atoms in total. The van der Waals surface area contributed by atoms with Crippen molar-refractivity contribution in [1.82, 2.24) is 15.5 Å². The van der Waals surface area contributed by atoms with Crippen LogP contribution in [0.25, 0.3) is 10.6 Å². The Hall–Kier alpha value is -1.86. The van der Waals surface area contributed by atoms with E-state index in [0.717, 1.165) is 21.7 Å². The number of nitrogens with one attached hydrogen (secondary N) is 2. The Balaban J connectivity index is 1.76. The van der Waals surface area contributed by atoms with Gasteiger partial charge < -0.3 is 10.6 Å². The van der Waals surface area contributed by atoms with Crippen molar-refractivity contribution in [2.45, 2.75) is 23.8 Å². The SMILES string of the molecule is Cc1ccc(-c2nnc(NC(NC(=O)c3cccc(C)c3)C(Cl)(Cl)Cl)s2)cc1. The normalized spacial score (nSPS) is 12.5. The van der Waals surface area contributed by atoms with Crippen LogP contribution in [0.1, 0.15) is 21.5 Å². The van der Waals surface area contributed by atoms with Gasteiger partial charge in [0.1, 0.15) is 11.2 Å². The molecule has 3 rings (SSSR count). The number of hydrogen-bond donors (Lipinski definition) is 2. The highest BCUT2D eigenvalue weighted by atomic mass is 35.6. The van der Waals surface area contributed by atoms with Crippen LogP contribution in [-0.2, 0) is 0 Å². The third-order valence-electron chi connectivity index (χ3n) is 3.87. The van der Waals surface area contributed by atoms with Gasteiger partial charge in [-0.2, -0.15) is 0 Å². The van der Waals surface area contributed by atoms with E-state index < -0.39 is 9.96 Å². The van der Waals surface area contributed by atoms with E-state index >= 15 is 0 Å². The van der Waals surface area contributed by atoms with Crippen LogP contribution >= 0.6 is 46.1 Å². The van der Waals surface area contributed by atoms with Gasteiger partial charge in [-0.25, -0.2) is 0 Å². The number of aryl methyl sites for hydroxylation is 2. The predicted octanol–water partition coefficient (Wildman–Crippen LogP) is 5.36. The van der Waals surface area contributed by atoms with Gasteiger partial charge >= 0.3 is 0 Å². The van der Waals surface area contributed by atoms with Gasteiger partial charge in [0.25, 0.3) is 5.91 Å². The number of nitrogens with zero attached hydrogens (tertiary/aromatic N) is 2. The molecular formula is C19H17Cl3N4OS. The van der Waals surface area contributed by atoms with Gasteiger partial charge in [0, 0.05) is 11.1 Å². The zero-order valence-electron chi connectivity index (χ0n) is 15.0. The van der Waals surface area contributed by atoms with Gasteiger partial charge in [0.2, 0.25) is 8.92 Å². The maximum Gasteiger partial charge on any atom is 0.252 e. The summed E-state index contributed by atoms with van der Waals surface area (Å²) in [6.07, 6.45) is -0.996. The molecule has 0 fully saturated rings. The number of carbonyl (C=O) groups excluding carboxylic acids is 1. The Kier molecular flexibility index (Phi) is 6.45. The molecule has 0 saturated carbocycles. The number of aromatic nitrogens is 2. The van der Waals surface area contributed by atoms with Crippen molar-refractivity contribution in [2.75, 3.05) is 5.32 Å². The molecule has 0 aliphatic heterocycles. The summed E-state index contributed by atoms with van der Waals surface area (Å²) < 4.78 is -1.80. The molecule has 2 aromatic carbocycles. The average Bonchev–Trinajstić information content (AvgIpc) is 3.09. The van der Waals surface area contributed by atoms with Crippen molar-refractivity contribution < 1.29 is 4.79 Å². The largest absolute Gasteiger partial charge is 0.336 e. The van der Waals surface area contributed by atoms with Gasteiger partial charge in [-0.3, -0.25) is 4.79 Å². The maximum atomic E-state index is 12.5. The molecule has 1 aromatic heterocycles. The fourth-order valence-corrected chi connectivity index (χ4v) is 3.52. The lowest BCUT2D eigenvalue weighted by Crippen LogP contribution is -2.49. The van der Waals surface area contributed by atoms with Crippen LogP contribution in [0, 0.1) is 13.8 Å². The quantitative estimate of drug-likeness (QED) is 0.401. The van der Waals surface area contributed by atoms with Crippen molar-refractivity contribution in [3.8, 4) is 10.6 Å². The molecule has 146 valence electrons. The Morgan fingerprint density at radius 2 is 1.75 bits per heavy atom. The molecule has 0 saturated heterocycles. The van der Waals surface area contributed by atoms with Crippen molar-refractivity contribution >= 4 is 57.2 Å². The first-order chi connectivity index (χ1) is 13.2. The van der Waals surface area contributed by atoms with E-state index in [1.54, 1.807) is 18.2 Å². The van der Waals surface area contributed by atoms with Crippen molar-refractivity contribution in [1.29, 1.82) is 0 Å². The molecule has 0 aliphatic carbocycles. The second-order valence-electron chi connectivity index (χ2n) is 6.24. The molecule has 0 aliphatic rings. The fraction of sp³-hybridized carbons (Fsp3) is 0.211. The average molecular weight is 456 g/mol. The minimum Gasteiger partial charge on any atom is -0.336 e. The van der Waals surface area contributed by atoms with Gasteiger partial charge in [-0.15, -0.1) is 10.2 Å². The summed E-state index contributed by atoms with van der Waals surface area (Å²) in [7, 11) is 0. The van der Waals surface area contributed by atoms with Gasteiger partial charge in [0.15, 0.2) is 0 Å². The summed E-state index contributed by atoms with van der Waals surface area (Å²) in [5, 5.41) is 15.1. The molecule has 1 unspecified atom stereocenters. The monoisotopic (exact) mass is 454 g/mol. The van der Waals surface area contributed by atoms with Crippen LogP contribution in [0.5, 0.6) is 0 Å². The second kappa shape index (κ2) is 8.66. The van der Waals surface area contributed by atoms with E-state index in [2.05, 4.69) is 20.8 Å². The standard InChI is InChI=1S/C19H17Cl3N4OS/c1-11-6-8-13(9-7-11)16-25-26-18(28-16)24-17(19(20,21)22)23-15(27)14-5-3-4-12(2)10-14/h3-10,17H,1-2H3,(H,23,27)(H,24,26). The molecule has 0 spiro atoms. The summed E-state index contributed by atoms with van der Waals surface area (Å²) in [5.74, 6) is -0.365. The number of anilines is 1. The summed E-state index contributed by atoms with van der Waals surface area (Å²) in [6, 6.07) is 15.1. The summed E-state index contributed by atoms with van der Waals surface area (Å²) in [4.78, 5) is 12.5. The number of amides is 1. The van der Waals surface area contributed by atoms with E-state index in [1.807, 2.05) is 44.2 Å². The third kappa shape index (κ3) is 5.35. The minimum absolute atomic E-state index is 0.365. The molecule has 0 bridgehead atoms. The topological polar surface area (TPSA) is 66.9 Å². The van der Waals surface area contributed by atoms with Crippen molar-refractivity contribution in [3.05, 3.63) is 65.2 Å². The number of alkyl halides is 3. The third-order valence-corrected chi connectivity index (χ3v) is 5.43. The smallest absolute Gasteiger partial charge is 0.252 e. The first-order valence-electron chi connectivity index (χ1n) is 8.34. The predicted molar refractivity (Wildman–Crippen MR) is 116 cm³/mol. The molecule has 9 heteroatoms. The molecule has 1 heterocycles. The van der Waals surface area contributed by atoms with E-state index in [1.165, 1.54) is 11.3 Å². The zero-order chi connectivity index (χ0) is 20.3. The van der Waals surface area contributed by atoms with Gasteiger partial charge in [-0.1, -0.05) is 93.7 Å². The number of hydrogen-bond acceptors (Lipinski definition) is 5. The second-order valence-corrected chi connectivity index (χ2v) is 9.59. The Morgan fingerprint density at radius 1 is 1.04 bits per heavy atom. The summed E-state index contributed by atoms with van der Waals surface area (Å²) in [6.45, 7) is 3.91. The lowest BCUT2D eigenvalue weighted by atomic mass is 10.1. The highest BCUT2D eigenvalue weighted by Crippen LogP contribution is 2.33. The van der Waals surface area contributed by atoms with Crippen LogP contribution in [0.4, 0.5) is 5.13 Å². The molecule has 1 atom stereocenters. The Labute approximate surface area is 182 Å². The summed E-state index contributed by atoms with van der Waals surface area (Å²) >= 11 is 19.5. The van der Waals surface area contributed by atoms with Crippen molar-refractivity contribution in [2.24, 2.45) is 0 Å². The van der Waals surface area contributed by atoms with E-state index in [4.69, 9.17) is 34.8 Å². The molecule has 0 radical (unpaired) electrons. The summed E-state index contributed by atoms with van der Waals surface area (Å²) in [5.41, 5.74) is 3.52. The zero-order valence-corrected chi connectivity index (χ0v) is 18.1. The molecule has 1 amide bonds. The lowest BCUT2D eigenvalue weighted by molar-refractivity contribution is 0.0941. The molecule has 28 heavy (non-hydrogen) atoms. The Bertz CT molecular complexity index is 970. The molecule has 2 N–H and O–H groups in total. The maximum absolute atomic E-state index is 12.5. The van der Waals surface area contributed by atoms with Crippen LogP contribution in [0.3, 0.4) is 0 Å². The number of rotatable bonds is 5. The fourth-order valence-electron chi connectivity index (χ4n) is 2.42. The van der Waals surface area contributed by atoms with Crippen LogP contribution in [-0.4, -0.2) is 26.1 Å². The van der Waals surface area contributed by atoms with Crippen LogP contribution in [0.15, 0.2) is 48.5 Å². The highest BCUT2D eigenvalue weighted by Gasteiger charge is 2.35. The number of halogens is 3. The van der Waals surface area contributed by atoms with Crippen molar-refractivity contribution in [3.63, 3.8) is 0 Å². The van der Waals surface area contributed by atoms with E-state index in [0.29, 0.717) is 10.7 Å². The van der Waals surface area contributed by atoms with Crippen LogP contribution < -0.4 is 10.6 Å². The number of carbonyl (C=O) groups is 1. The molecule has 3 aromatic rings. The minimum atomic E-state index is -1.80. The van der Waals surface area contributed by atoms with E-state index in [-0.39, 0.29) is 5.91 Å². The highest BCUT2D eigenvalue weighted by molar-refractivity contribution is 7.18.